The minimum absolute atomic E-state index is 0.155. The molecule has 4 nitrogen and oxygen atoms in total. The van der Waals surface area contributed by atoms with E-state index in [4.69, 9.17) is 4.74 Å². The Kier molecular flexibility index (Phi) is 5.62. The Morgan fingerprint density at radius 3 is 2.57 bits per heavy atom. The number of benzene rings is 1. The fraction of sp³-hybridized carbons (Fsp3) is 0.647. The number of aliphatic hydroxyl groups excluding tert-OH is 1. The highest BCUT2D eigenvalue weighted by Crippen LogP contribution is 2.41. The van der Waals surface area contributed by atoms with Gasteiger partial charge in [-0.1, -0.05) is 32.0 Å². The molecule has 0 aromatic heterocycles. The van der Waals surface area contributed by atoms with Crippen LogP contribution in [0.2, 0.25) is 0 Å². The summed E-state index contributed by atoms with van der Waals surface area (Å²) < 4.78 is 5.82. The summed E-state index contributed by atoms with van der Waals surface area (Å²) >= 11 is 0. The van der Waals surface area contributed by atoms with E-state index in [9.17, 15) is 5.11 Å². The molecule has 2 rings (SSSR count). The van der Waals surface area contributed by atoms with Crippen LogP contribution in [0, 0.1) is 5.41 Å². The molecule has 0 spiro atoms. The lowest BCUT2D eigenvalue weighted by Crippen LogP contribution is -2.49. The van der Waals surface area contributed by atoms with E-state index in [0.717, 1.165) is 31.9 Å². The number of para-hydroxylation sites is 1. The topological polar surface area (TPSA) is 44.7 Å². The van der Waals surface area contributed by atoms with E-state index in [1.807, 2.05) is 19.1 Å². The third-order valence-electron chi connectivity index (χ3n) is 4.18. The first-order valence-corrected chi connectivity index (χ1v) is 7.87. The summed E-state index contributed by atoms with van der Waals surface area (Å²) in [5, 5.41) is 13.3. The first-order chi connectivity index (χ1) is 10.1. The van der Waals surface area contributed by atoms with Crippen LogP contribution < -0.4 is 10.1 Å². The second-order valence-corrected chi connectivity index (χ2v) is 6.31. The quantitative estimate of drug-likeness (QED) is 0.842. The van der Waals surface area contributed by atoms with Gasteiger partial charge in [0, 0.05) is 49.8 Å². The summed E-state index contributed by atoms with van der Waals surface area (Å²) in [6.07, 6.45) is 0. The Morgan fingerprint density at radius 2 is 1.95 bits per heavy atom. The van der Waals surface area contributed by atoms with Crippen molar-refractivity contribution in [3.63, 3.8) is 0 Å². The molecular formula is C17H28N2O2. The Morgan fingerprint density at radius 1 is 1.29 bits per heavy atom. The maximum absolute atomic E-state index is 9.89. The predicted molar refractivity (Wildman–Crippen MR) is 85.7 cm³/mol. The lowest BCUT2D eigenvalue weighted by Gasteiger charge is -2.43. The molecule has 21 heavy (non-hydrogen) atoms. The molecule has 2 N–H and O–H groups in total. The molecule has 1 aliphatic heterocycles. The van der Waals surface area contributed by atoms with Crippen molar-refractivity contribution >= 4 is 0 Å². The van der Waals surface area contributed by atoms with Gasteiger partial charge in [-0.15, -0.1) is 0 Å². The highest BCUT2D eigenvalue weighted by molar-refractivity contribution is 5.37. The fourth-order valence-corrected chi connectivity index (χ4v) is 3.13. The zero-order valence-electron chi connectivity index (χ0n) is 13.4. The smallest absolute Gasteiger partial charge is 0.124 e. The maximum atomic E-state index is 9.89. The first kappa shape index (κ1) is 16.3. The van der Waals surface area contributed by atoms with Gasteiger partial charge in [-0.2, -0.15) is 0 Å². The Bertz CT molecular complexity index is 442. The van der Waals surface area contributed by atoms with Crippen molar-refractivity contribution in [2.45, 2.75) is 26.8 Å². The molecule has 1 saturated heterocycles. The van der Waals surface area contributed by atoms with Gasteiger partial charge < -0.3 is 15.2 Å². The average Bonchev–Trinajstić information content (AvgIpc) is 2.50. The van der Waals surface area contributed by atoms with Gasteiger partial charge in [0.25, 0.3) is 0 Å². The van der Waals surface area contributed by atoms with Gasteiger partial charge in [-0.25, -0.2) is 0 Å². The second kappa shape index (κ2) is 7.25. The highest BCUT2D eigenvalue weighted by atomic mass is 16.5. The summed E-state index contributed by atoms with van der Waals surface area (Å²) in [5.74, 6) is 0.935. The van der Waals surface area contributed by atoms with Gasteiger partial charge in [0.1, 0.15) is 5.75 Å². The predicted octanol–water partition coefficient (Wildman–Crippen LogP) is 2.05. The lowest BCUT2D eigenvalue weighted by molar-refractivity contribution is 0.0290. The molecule has 0 bridgehead atoms. The minimum Gasteiger partial charge on any atom is -0.494 e. The van der Waals surface area contributed by atoms with Crippen molar-refractivity contribution in [2.75, 3.05) is 39.4 Å². The highest BCUT2D eigenvalue weighted by Gasteiger charge is 2.37. The normalized spacial score (nSPS) is 18.5. The van der Waals surface area contributed by atoms with Crippen LogP contribution in [0.25, 0.3) is 0 Å². The van der Waals surface area contributed by atoms with Crippen molar-refractivity contribution in [3.05, 3.63) is 29.8 Å². The number of piperazine rings is 1. The van der Waals surface area contributed by atoms with Crippen LogP contribution in [0.15, 0.2) is 24.3 Å². The third-order valence-corrected chi connectivity index (χ3v) is 4.18. The molecule has 4 heteroatoms. The largest absolute Gasteiger partial charge is 0.494 e. The number of nitrogens with zero attached hydrogens (tertiary/aromatic N) is 1. The molecule has 118 valence electrons. The number of nitrogens with one attached hydrogen (secondary N) is 1. The molecule has 0 amide bonds. The maximum Gasteiger partial charge on any atom is 0.124 e. The van der Waals surface area contributed by atoms with Gasteiger partial charge in [0.15, 0.2) is 0 Å². The SMILES string of the molecule is CCOc1ccccc1[C@@H](N1CCNCC1)C(C)(C)CO. The number of hydrogen-bond donors (Lipinski definition) is 2. The molecule has 0 saturated carbocycles. The molecule has 1 heterocycles. The van der Waals surface area contributed by atoms with Gasteiger partial charge in [-0.05, 0) is 13.0 Å². The summed E-state index contributed by atoms with van der Waals surface area (Å²) in [6.45, 7) is 11.1. The molecule has 1 fully saturated rings. The third kappa shape index (κ3) is 3.76. The molecule has 0 radical (unpaired) electrons. The summed E-state index contributed by atoms with van der Waals surface area (Å²) in [7, 11) is 0. The summed E-state index contributed by atoms with van der Waals surface area (Å²) in [4.78, 5) is 2.46. The lowest BCUT2D eigenvalue weighted by atomic mass is 9.79. The van der Waals surface area contributed by atoms with Crippen LogP contribution >= 0.6 is 0 Å². The minimum atomic E-state index is -0.218. The van der Waals surface area contributed by atoms with E-state index < -0.39 is 0 Å². The Labute approximate surface area is 128 Å². The van der Waals surface area contributed by atoms with Crippen molar-refractivity contribution in [3.8, 4) is 5.75 Å². The van der Waals surface area contributed by atoms with E-state index in [2.05, 4.69) is 36.2 Å². The van der Waals surface area contributed by atoms with Crippen molar-refractivity contribution in [2.24, 2.45) is 5.41 Å². The fourth-order valence-electron chi connectivity index (χ4n) is 3.13. The van der Waals surface area contributed by atoms with Gasteiger partial charge >= 0.3 is 0 Å². The van der Waals surface area contributed by atoms with E-state index in [-0.39, 0.29) is 18.1 Å². The Hall–Kier alpha value is -1.10. The molecule has 0 aliphatic carbocycles. The molecule has 1 atom stereocenters. The first-order valence-electron chi connectivity index (χ1n) is 7.87. The summed E-state index contributed by atoms with van der Waals surface area (Å²) in [5.41, 5.74) is 0.963. The van der Waals surface area contributed by atoms with Gasteiger partial charge in [0.2, 0.25) is 0 Å². The Balaban J connectivity index is 2.39. The molecule has 0 unspecified atom stereocenters. The van der Waals surface area contributed by atoms with Crippen molar-refractivity contribution < 1.29 is 9.84 Å². The standard InChI is InChI=1S/C17H28N2O2/c1-4-21-15-8-6-5-7-14(15)16(17(2,3)13-20)19-11-9-18-10-12-19/h5-8,16,18,20H,4,9-13H2,1-3H3/t16-/m1/s1. The van der Waals surface area contributed by atoms with Crippen LogP contribution in [0.5, 0.6) is 5.75 Å². The molecule has 1 aromatic carbocycles. The van der Waals surface area contributed by atoms with Gasteiger partial charge in [-0.3, -0.25) is 4.90 Å². The molecule has 1 aromatic rings. The number of ether oxygens (including phenoxy) is 1. The molecular weight excluding hydrogens is 264 g/mol. The zero-order valence-corrected chi connectivity index (χ0v) is 13.4. The van der Waals surface area contributed by atoms with Gasteiger partial charge in [0.05, 0.1) is 6.61 Å². The number of aliphatic hydroxyl groups is 1. The van der Waals surface area contributed by atoms with Crippen LogP contribution in [-0.2, 0) is 0 Å². The van der Waals surface area contributed by atoms with Crippen LogP contribution in [0.3, 0.4) is 0 Å². The van der Waals surface area contributed by atoms with E-state index in [1.165, 1.54) is 5.56 Å². The number of hydrogen-bond acceptors (Lipinski definition) is 4. The van der Waals surface area contributed by atoms with Crippen molar-refractivity contribution in [1.29, 1.82) is 0 Å². The zero-order chi connectivity index (χ0) is 15.3. The van der Waals surface area contributed by atoms with Crippen LogP contribution in [0.4, 0.5) is 0 Å². The van der Waals surface area contributed by atoms with E-state index in [1.54, 1.807) is 0 Å². The van der Waals surface area contributed by atoms with Crippen LogP contribution in [0.1, 0.15) is 32.4 Å². The average molecular weight is 292 g/mol. The number of rotatable bonds is 6. The monoisotopic (exact) mass is 292 g/mol. The summed E-state index contributed by atoms with van der Waals surface area (Å²) in [6, 6.07) is 8.39. The molecule has 1 aliphatic rings. The van der Waals surface area contributed by atoms with Crippen LogP contribution in [-0.4, -0.2) is 49.4 Å². The van der Waals surface area contributed by atoms with E-state index >= 15 is 0 Å². The second-order valence-electron chi connectivity index (χ2n) is 6.31. The van der Waals surface area contributed by atoms with Crippen molar-refractivity contribution in [1.82, 2.24) is 10.2 Å². The van der Waals surface area contributed by atoms with E-state index in [0.29, 0.717) is 6.61 Å².